The maximum atomic E-state index is 3.93. The second-order valence-corrected chi connectivity index (χ2v) is 3.15. The molecule has 0 atom stereocenters. The molecule has 0 radical (unpaired) electrons. The van der Waals surface area contributed by atoms with Crippen LogP contribution >= 0.6 is 0 Å². The molecule has 0 saturated carbocycles. The molecule has 1 rings (SSSR count). The van der Waals surface area contributed by atoms with E-state index in [4.69, 9.17) is 0 Å². The Kier molecular flexibility index (Phi) is 3.56. The van der Waals surface area contributed by atoms with Crippen LogP contribution in [0.1, 0.15) is 18.1 Å². The predicted molar refractivity (Wildman–Crippen MR) is 57.7 cm³/mol. The van der Waals surface area contributed by atoms with Crippen molar-refractivity contribution in [2.45, 2.75) is 19.8 Å². The molecular weight excluding hydrogens is 158 g/mol. The zero-order chi connectivity index (χ0) is 9.68. The van der Waals surface area contributed by atoms with Crippen LogP contribution in [0.2, 0.25) is 0 Å². The Morgan fingerprint density at radius 1 is 1.31 bits per heavy atom. The quantitative estimate of drug-likeness (QED) is 0.741. The van der Waals surface area contributed by atoms with E-state index < -0.39 is 0 Å². The highest BCUT2D eigenvalue weighted by molar-refractivity contribution is 5.30. The van der Waals surface area contributed by atoms with E-state index in [0.29, 0.717) is 0 Å². The molecule has 0 amide bonds. The molecule has 70 valence electrons. The predicted octanol–water partition coefficient (Wildman–Crippen LogP) is 2.52. The van der Waals surface area contributed by atoms with Crippen LogP contribution < -0.4 is 5.32 Å². The second kappa shape index (κ2) is 4.70. The number of allylic oxidation sites excluding steroid dienone is 1. The standard InChI is InChI=1S/C12H17N/c1-4-11-7-5-6-8-12(11)9-10(2)13-3/h5-8,13H,2,4,9H2,1,3H3. The third-order valence-electron chi connectivity index (χ3n) is 2.26. The van der Waals surface area contributed by atoms with Crippen molar-refractivity contribution in [2.24, 2.45) is 0 Å². The Labute approximate surface area is 80.5 Å². The molecule has 0 aliphatic carbocycles. The van der Waals surface area contributed by atoms with Crippen molar-refractivity contribution in [3.05, 3.63) is 47.7 Å². The third-order valence-corrected chi connectivity index (χ3v) is 2.26. The lowest BCUT2D eigenvalue weighted by Gasteiger charge is -2.08. The zero-order valence-electron chi connectivity index (χ0n) is 8.43. The number of nitrogens with one attached hydrogen (secondary N) is 1. The molecule has 0 aliphatic rings. The number of benzene rings is 1. The van der Waals surface area contributed by atoms with Gasteiger partial charge in [0.1, 0.15) is 0 Å². The summed E-state index contributed by atoms with van der Waals surface area (Å²) in [4.78, 5) is 0. The van der Waals surface area contributed by atoms with Crippen LogP contribution in [-0.4, -0.2) is 7.05 Å². The fraction of sp³-hybridized carbons (Fsp3) is 0.333. The molecule has 1 aromatic rings. The van der Waals surface area contributed by atoms with Gasteiger partial charge in [-0.2, -0.15) is 0 Å². The smallest absolute Gasteiger partial charge is 0.0119 e. The molecule has 0 unspecified atom stereocenters. The van der Waals surface area contributed by atoms with Crippen molar-refractivity contribution >= 4 is 0 Å². The number of rotatable bonds is 4. The fourth-order valence-corrected chi connectivity index (χ4v) is 1.39. The van der Waals surface area contributed by atoms with Gasteiger partial charge in [0.25, 0.3) is 0 Å². The molecule has 1 nitrogen and oxygen atoms in total. The van der Waals surface area contributed by atoms with Crippen LogP contribution in [-0.2, 0) is 12.8 Å². The second-order valence-electron chi connectivity index (χ2n) is 3.15. The van der Waals surface area contributed by atoms with Crippen LogP contribution in [0, 0.1) is 0 Å². The SMILES string of the molecule is C=C(Cc1ccccc1CC)NC. The Balaban J connectivity index is 2.81. The number of hydrogen-bond donors (Lipinski definition) is 1. The van der Waals surface area contributed by atoms with Gasteiger partial charge < -0.3 is 5.32 Å². The first-order valence-electron chi connectivity index (χ1n) is 4.70. The Morgan fingerprint density at radius 2 is 1.92 bits per heavy atom. The maximum absolute atomic E-state index is 3.93. The normalized spacial score (nSPS) is 9.69. The highest BCUT2D eigenvalue weighted by atomic mass is 14.8. The van der Waals surface area contributed by atoms with E-state index in [1.807, 2.05) is 7.05 Å². The average Bonchev–Trinajstić information content (AvgIpc) is 2.18. The molecule has 0 aromatic heterocycles. The van der Waals surface area contributed by atoms with Crippen LogP contribution in [0.5, 0.6) is 0 Å². The van der Waals surface area contributed by atoms with Crippen molar-refractivity contribution in [1.82, 2.24) is 5.32 Å². The van der Waals surface area contributed by atoms with Gasteiger partial charge in [-0.05, 0) is 17.5 Å². The van der Waals surface area contributed by atoms with Gasteiger partial charge in [0.15, 0.2) is 0 Å². The van der Waals surface area contributed by atoms with E-state index in [-0.39, 0.29) is 0 Å². The van der Waals surface area contributed by atoms with Gasteiger partial charge in [0.2, 0.25) is 0 Å². The number of aryl methyl sites for hydroxylation is 1. The van der Waals surface area contributed by atoms with Gasteiger partial charge in [0.05, 0.1) is 0 Å². The summed E-state index contributed by atoms with van der Waals surface area (Å²) in [6, 6.07) is 8.52. The summed E-state index contributed by atoms with van der Waals surface area (Å²) < 4.78 is 0. The van der Waals surface area contributed by atoms with Crippen molar-refractivity contribution in [3.63, 3.8) is 0 Å². The van der Waals surface area contributed by atoms with E-state index in [9.17, 15) is 0 Å². The molecule has 0 bridgehead atoms. The number of likely N-dealkylation sites (N-methyl/N-ethyl adjacent to an activating group) is 1. The number of hydrogen-bond acceptors (Lipinski definition) is 1. The minimum atomic E-state index is 0.931. The first kappa shape index (κ1) is 9.85. The van der Waals surface area contributed by atoms with Crippen molar-refractivity contribution in [2.75, 3.05) is 7.05 Å². The first-order chi connectivity index (χ1) is 6.27. The van der Waals surface area contributed by atoms with Crippen LogP contribution in [0.3, 0.4) is 0 Å². The van der Waals surface area contributed by atoms with Gasteiger partial charge in [0, 0.05) is 19.2 Å². The molecule has 0 aliphatic heterocycles. The van der Waals surface area contributed by atoms with Crippen LogP contribution in [0.15, 0.2) is 36.5 Å². The van der Waals surface area contributed by atoms with E-state index in [2.05, 4.69) is 43.1 Å². The van der Waals surface area contributed by atoms with E-state index in [1.165, 1.54) is 11.1 Å². The molecule has 1 N–H and O–H groups in total. The monoisotopic (exact) mass is 175 g/mol. The highest BCUT2D eigenvalue weighted by Gasteiger charge is 2.00. The summed E-state index contributed by atoms with van der Waals surface area (Å²) in [6.07, 6.45) is 2.02. The fourth-order valence-electron chi connectivity index (χ4n) is 1.39. The summed E-state index contributed by atoms with van der Waals surface area (Å²) in [7, 11) is 1.91. The van der Waals surface area contributed by atoms with E-state index in [0.717, 1.165) is 18.5 Å². The molecular formula is C12H17N. The van der Waals surface area contributed by atoms with Crippen LogP contribution in [0.4, 0.5) is 0 Å². The summed E-state index contributed by atoms with van der Waals surface area (Å²) in [5.74, 6) is 0. The van der Waals surface area contributed by atoms with Gasteiger partial charge in [-0.25, -0.2) is 0 Å². The van der Waals surface area contributed by atoms with Crippen molar-refractivity contribution in [1.29, 1.82) is 0 Å². The summed E-state index contributed by atoms with van der Waals surface area (Å²) in [5.41, 5.74) is 3.86. The Bertz CT molecular complexity index is 289. The van der Waals surface area contributed by atoms with Gasteiger partial charge in [-0.15, -0.1) is 0 Å². The topological polar surface area (TPSA) is 12.0 Å². The molecule has 1 heteroatoms. The first-order valence-corrected chi connectivity index (χ1v) is 4.70. The minimum Gasteiger partial charge on any atom is -0.392 e. The van der Waals surface area contributed by atoms with Crippen LogP contribution in [0.25, 0.3) is 0 Å². The lowest BCUT2D eigenvalue weighted by Crippen LogP contribution is -2.07. The van der Waals surface area contributed by atoms with Crippen molar-refractivity contribution < 1.29 is 0 Å². The van der Waals surface area contributed by atoms with E-state index in [1.54, 1.807) is 0 Å². The van der Waals surface area contributed by atoms with Crippen molar-refractivity contribution in [3.8, 4) is 0 Å². The molecule has 13 heavy (non-hydrogen) atoms. The molecule has 1 aromatic carbocycles. The molecule has 0 heterocycles. The largest absolute Gasteiger partial charge is 0.392 e. The molecule has 0 fully saturated rings. The van der Waals surface area contributed by atoms with Gasteiger partial charge >= 0.3 is 0 Å². The Hall–Kier alpha value is -1.24. The average molecular weight is 175 g/mol. The summed E-state index contributed by atoms with van der Waals surface area (Å²) in [5, 5.41) is 3.07. The zero-order valence-corrected chi connectivity index (χ0v) is 8.43. The Morgan fingerprint density at radius 3 is 2.46 bits per heavy atom. The summed E-state index contributed by atoms with van der Waals surface area (Å²) in [6.45, 7) is 6.11. The maximum Gasteiger partial charge on any atom is 0.0119 e. The lowest BCUT2D eigenvalue weighted by atomic mass is 10.0. The molecule has 0 saturated heterocycles. The minimum absolute atomic E-state index is 0.931. The van der Waals surface area contributed by atoms with Gasteiger partial charge in [-0.1, -0.05) is 37.8 Å². The highest BCUT2D eigenvalue weighted by Crippen LogP contribution is 2.12. The van der Waals surface area contributed by atoms with E-state index >= 15 is 0 Å². The molecule has 0 spiro atoms. The lowest BCUT2D eigenvalue weighted by molar-refractivity contribution is 0.915. The van der Waals surface area contributed by atoms with Gasteiger partial charge in [-0.3, -0.25) is 0 Å². The summed E-state index contributed by atoms with van der Waals surface area (Å²) >= 11 is 0. The third kappa shape index (κ3) is 2.62.